The number of hydrogen-bond acceptors (Lipinski definition) is 4. The summed E-state index contributed by atoms with van der Waals surface area (Å²) in [6, 6.07) is 11.0. The highest BCUT2D eigenvalue weighted by Gasteiger charge is 2.16. The zero-order valence-electron chi connectivity index (χ0n) is 13.9. The Balaban J connectivity index is 2.36. The minimum Gasteiger partial charge on any atom is -0.491 e. The quantitative estimate of drug-likeness (QED) is 0.687. The second kappa shape index (κ2) is 6.05. The van der Waals surface area contributed by atoms with Gasteiger partial charge in [-0.3, -0.25) is 4.79 Å². The maximum absolute atomic E-state index is 12.7. The first kappa shape index (κ1) is 15.6. The summed E-state index contributed by atoms with van der Waals surface area (Å²) in [5.74, 6) is 0.764. The van der Waals surface area contributed by atoms with Crippen LogP contribution < -0.4 is 10.2 Å². The highest BCUT2D eigenvalue weighted by Crippen LogP contribution is 2.30. The molecular formula is C19H21NO3. The maximum Gasteiger partial charge on any atom is 0.200 e. The van der Waals surface area contributed by atoms with E-state index in [1.165, 1.54) is 0 Å². The zero-order chi connectivity index (χ0) is 16.6. The second-order valence-corrected chi connectivity index (χ2v) is 6.25. The number of ether oxygens (including phenoxy) is 1. The third-order valence-electron chi connectivity index (χ3n) is 3.64. The van der Waals surface area contributed by atoms with Gasteiger partial charge in [-0.2, -0.15) is 0 Å². The van der Waals surface area contributed by atoms with Crippen LogP contribution in [-0.2, 0) is 6.54 Å². The van der Waals surface area contributed by atoms with E-state index in [2.05, 4.69) is 0 Å². The van der Waals surface area contributed by atoms with Gasteiger partial charge in [-0.05, 0) is 52.2 Å². The Bertz CT molecular complexity index is 910. The molecule has 0 atom stereocenters. The van der Waals surface area contributed by atoms with Gasteiger partial charge >= 0.3 is 0 Å². The predicted octanol–water partition coefficient (Wildman–Crippen LogP) is 3.80. The fourth-order valence-electron chi connectivity index (χ4n) is 2.73. The van der Waals surface area contributed by atoms with Crippen molar-refractivity contribution in [3.63, 3.8) is 0 Å². The van der Waals surface area contributed by atoms with Crippen LogP contribution in [0.2, 0.25) is 0 Å². The molecule has 3 rings (SSSR count). The Morgan fingerprint density at radius 1 is 1.09 bits per heavy atom. The molecule has 0 fully saturated rings. The minimum absolute atomic E-state index is 0.00190. The van der Waals surface area contributed by atoms with Gasteiger partial charge in [-0.25, -0.2) is 0 Å². The lowest BCUT2D eigenvalue weighted by molar-refractivity contribution is 0.236. The summed E-state index contributed by atoms with van der Waals surface area (Å²) in [6.07, 6.45) is 0.0561. The Morgan fingerprint density at radius 2 is 1.83 bits per heavy atom. The summed E-state index contributed by atoms with van der Waals surface area (Å²) in [5, 5.41) is 1.20. The number of nitrogens with zero attached hydrogens (tertiary/aromatic N) is 1. The first-order valence-electron chi connectivity index (χ1n) is 7.76. The minimum atomic E-state index is -0.00190. The van der Waals surface area contributed by atoms with E-state index in [-0.39, 0.29) is 11.5 Å². The normalized spacial score (nSPS) is 11.7. The molecule has 0 amide bonds. The largest absolute Gasteiger partial charge is 0.491 e. The molecule has 1 heterocycles. The van der Waals surface area contributed by atoms with Crippen LogP contribution in [0.15, 0.2) is 45.6 Å². The van der Waals surface area contributed by atoms with Gasteiger partial charge in [0.05, 0.1) is 22.4 Å². The van der Waals surface area contributed by atoms with Gasteiger partial charge in [0.15, 0.2) is 0 Å². The van der Waals surface area contributed by atoms with E-state index in [0.29, 0.717) is 28.5 Å². The molecule has 23 heavy (non-hydrogen) atoms. The molecule has 0 radical (unpaired) electrons. The number of rotatable bonds is 4. The lowest BCUT2D eigenvalue weighted by atomic mass is 10.1. The molecule has 0 bridgehead atoms. The van der Waals surface area contributed by atoms with Crippen LogP contribution in [0.4, 0.5) is 0 Å². The molecule has 0 unspecified atom stereocenters. The highest BCUT2D eigenvalue weighted by molar-refractivity contribution is 5.92. The average molecular weight is 311 g/mol. The molecule has 4 nitrogen and oxygen atoms in total. The van der Waals surface area contributed by atoms with Crippen LogP contribution in [0.25, 0.3) is 21.9 Å². The molecule has 120 valence electrons. The topological polar surface area (TPSA) is 42.7 Å². The first-order valence-corrected chi connectivity index (χ1v) is 7.76. The Kier molecular flexibility index (Phi) is 4.09. The third kappa shape index (κ3) is 2.94. The summed E-state index contributed by atoms with van der Waals surface area (Å²) in [7, 11) is 3.97. The number of benzene rings is 2. The number of hydrogen-bond donors (Lipinski definition) is 0. The molecule has 3 aromatic rings. The monoisotopic (exact) mass is 311 g/mol. The van der Waals surface area contributed by atoms with Crippen LogP contribution in [0.3, 0.4) is 0 Å². The van der Waals surface area contributed by atoms with E-state index >= 15 is 0 Å². The van der Waals surface area contributed by atoms with Gasteiger partial charge in [0.2, 0.25) is 5.43 Å². The standard InChI is InChI=1S/C19H21NO3/c1-12(2)22-17-10-9-14-18(21)13-7-5-6-8-16(13)23-19(14)15(17)11-20(3)4/h5-10,12H,11H2,1-4H3. The van der Waals surface area contributed by atoms with Crippen LogP contribution in [0, 0.1) is 0 Å². The fraction of sp³-hybridized carbons (Fsp3) is 0.316. The van der Waals surface area contributed by atoms with Gasteiger partial charge in [0, 0.05) is 6.54 Å². The molecule has 0 aliphatic carbocycles. The molecule has 2 aromatic carbocycles. The van der Waals surface area contributed by atoms with E-state index in [4.69, 9.17) is 9.15 Å². The lowest BCUT2D eigenvalue weighted by Gasteiger charge is -2.18. The summed E-state index contributed by atoms with van der Waals surface area (Å²) >= 11 is 0. The van der Waals surface area contributed by atoms with Crippen molar-refractivity contribution in [1.29, 1.82) is 0 Å². The number of fused-ring (bicyclic) bond motifs is 2. The van der Waals surface area contributed by atoms with Gasteiger partial charge in [0.1, 0.15) is 16.9 Å². The molecule has 0 aliphatic rings. The van der Waals surface area contributed by atoms with Crippen LogP contribution in [0.1, 0.15) is 19.4 Å². The number of para-hydroxylation sites is 1. The van der Waals surface area contributed by atoms with Gasteiger partial charge in [-0.1, -0.05) is 12.1 Å². The highest BCUT2D eigenvalue weighted by atomic mass is 16.5. The van der Waals surface area contributed by atoms with Gasteiger partial charge < -0.3 is 14.1 Å². The average Bonchev–Trinajstić information content (AvgIpc) is 2.49. The van der Waals surface area contributed by atoms with Crippen molar-refractivity contribution in [2.24, 2.45) is 0 Å². The summed E-state index contributed by atoms with van der Waals surface area (Å²) < 4.78 is 12.0. The van der Waals surface area contributed by atoms with Crippen molar-refractivity contribution in [2.45, 2.75) is 26.5 Å². The fourth-order valence-corrected chi connectivity index (χ4v) is 2.73. The van der Waals surface area contributed by atoms with Crippen molar-refractivity contribution in [3.8, 4) is 5.75 Å². The summed E-state index contributed by atoms with van der Waals surface area (Å²) in [5.41, 5.74) is 2.12. The first-order chi connectivity index (χ1) is 11.0. The van der Waals surface area contributed by atoms with Crippen LogP contribution in [0.5, 0.6) is 5.75 Å². The molecular weight excluding hydrogens is 290 g/mol. The van der Waals surface area contributed by atoms with Crippen molar-refractivity contribution < 1.29 is 9.15 Å². The van der Waals surface area contributed by atoms with Crippen molar-refractivity contribution >= 4 is 21.9 Å². The molecule has 1 aromatic heterocycles. The van der Waals surface area contributed by atoms with Gasteiger partial charge in [-0.15, -0.1) is 0 Å². The molecule has 0 N–H and O–H groups in total. The van der Waals surface area contributed by atoms with Crippen LogP contribution in [-0.4, -0.2) is 25.1 Å². The predicted molar refractivity (Wildman–Crippen MR) is 93.1 cm³/mol. The molecule has 0 aliphatic heterocycles. The summed E-state index contributed by atoms with van der Waals surface area (Å²) in [4.78, 5) is 14.8. The molecule has 0 saturated carbocycles. The SMILES string of the molecule is CC(C)Oc1ccc2c(=O)c3ccccc3oc2c1CN(C)C. The van der Waals surface area contributed by atoms with E-state index in [0.717, 1.165) is 11.3 Å². The Labute approximate surface area is 135 Å². The Morgan fingerprint density at radius 3 is 2.52 bits per heavy atom. The van der Waals surface area contributed by atoms with Gasteiger partial charge in [0.25, 0.3) is 0 Å². The second-order valence-electron chi connectivity index (χ2n) is 6.25. The van der Waals surface area contributed by atoms with Crippen molar-refractivity contribution in [3.05, 3.63) is 52.2 Å². The molecule has 0 spiro atoms. The van der Waals surface area contributed by atoms with E-state index in [1.54, 1.807) is 12.1 Å². The molecule has 0 saturated heterocycles. The zero-order valence-corrected chi connectivity index (χ0v) is 13.9. The maximum atomic E-state index is 12.7. The van der Waals surface area contributed by atoms with E-state index < -0.39 is 0 Å². The summed E-state index contributed by atoms with van der Waals surface area (Å²) in [6.45, 7) is 4.61. The third-order valence-corrected chi connectivity index (χ3v) is 3.64. The smallest absolute Gasteiger partial charge is 0.200 e. The van der Waals surface area contributed by atoms with Crippen LogP contribution >= 0.6 is 0 Å². The molecule has 4 heteroatoms. The van der Waals surface area contributed by atoms with E-state index in [1.807, 2.05) is 57.1 Å². The Hall–Kier alpha value is -2.33. The van der Waals surface area contributed by atoms with E-state index in [9.17, 15) is 4.79 Å². The lowest BCUT2D eigenvalue weighted by Crippen LogP contribution is -2.15. The van der Waals surface area contributed by atoms with Crippen molar-refractivity contribution in [2.75, 3.05) is 14.1 Å². The van der Waals surface area contributed by atoms with Crippen molar-refractivity contribution in [1.82, 2.24) is 4.90 Å².